The molecule has 120 valence electrons. The van der Waals surface area contributed by atoms with Crippen molar-refractivity contribution < 1.29 is 14.6 Å². The number of phenols is 1. The van der Waals surface area contributed by atoms with E-state index >= 15 is 0 Å². The fourth-order valence-corrected chi connectivity index (χ4v) is 1.83. The van der Waals surface area contributed by atoms with Crippen LogP contribution in [0, 0.1) is 0 Å². The van der Waals surface area contributed by atoms with E-state index in [1.165, 1.54) is 18.3 Å². The zero-order chi connectivity index (χ0) is 16.9. The molecule has 2 rings (SSSR count). The lowest BCUT2D eigenvalue weighted by Crippen LogP contribution is -2.44. The Morgan fingerprint density at radius 3 is 2.39 bits per heavy atom. The molecular weight excluding hydrogens is 316 g/mol. The van der Waals surface area contributed by atoms with E-state index in [9.17, 15) is 9.90 Å². The second kappa shape index (κ2) is 7.15. The van der Waals surface area contributed by atoms with Crippen molar-refractivity contribution in [2.75, 3.05) is 0 Å². The molecule has 2 aromatic rings. The predicted molar refractivity (Wildman–Crippen MR) is 90.0 cm³/mol. The average molecular weight is 333 g/mol. The normalized spacial score (nSPS) is 11.4. The molecule has 0 unspecified atom stereocenters. The standard InChI is InChI=1S/C17H17ClN2O3/c1-17(2,23-15-9-5-13(18)6-10-15)16(22)20-19-11-12-3-7-14(21)8-4-12/h3-11,21H,1-2H3,(H,20,22)/b19-11+. The molecule has 0 saturated heterocycles. The average Bonchev–Trinajstić information content (AvgIpc) is 2.51. The Balaban J connectivity index is 1.95. The van der Waals surface area contributed by atoms with Gasteiger partial charge in [-0.15, -0.1) is 0 Å². The maximum atomic E-state index is 12.2. The quantitative estimate of drug-likeness (QED) is 0.651. The van der Waals surface area contributed by atoms with E-state index in [4.69, 9.17) is 16.3 Å². The predicted octanol–water partition coefficient (Wildman–Crippen LogP) is 3.35. The van der Waals surface area contributed by atoms with Crippen LogP contribution in [0.5, 0.6) is 11.5 Å². The van der Waals surface area contributed by atoms with Gasteiger partial charge in [-0.3, -0.25) is 4.79 Å². The molecule has 6 heteroatoms. The first-order chi connectivity index (χ1) is 10.9. The summed E-state index contributed by atoms with van der Waals surface area (Å²) in [7, 11) is 0. The highest BCUT2D eigenvalue weighted by Gasteiger charge is 2.29. The van der Waals surface area contributed by atoms with Crippen molar-refractivity contribution in [2.45, 2.75) is 19.4 Å². The second-order valence-corrected chi connectivity index (χ2v) is 5.79. The molecule has 0 aliphatic rings. The van der Waals surface area contributed by atoms with E-state index in [2.05, 4.69) is 10.5 Å². The summed E-state index contributed by atoms with van der Waals surface area (Å²) in [6, 6.07) is 13.2. The number of ether oxygens (including phenoxy) is 1. The van der Waals surface area contributed by atoms with Crippen LogP contribution in [-0.4, -0.2) is 22.8 Å². The van der Waals surface area contributed by atoms with Crippen LogP contribution in [0.3, 0.4) is 0 Å². The lowest BCUT2D eigenvalue weighted by Gasteiger charge is -2.24. The highest BCUT2D eigenvalue weighted by molar-refractivity contribution is 6.30. The van der Waals surface area contributed by atoms with Crippen LogP contribution in [0.15, 0.2) is 53.6 Å². The van der Waals surface area contributed by atoms with Crippen molar-refractivity contribution in [3.8, 4) is 11.5 Å². The molecule has 23 heavy (non-hydrogen) atoms. The Bertz CT molecular complexity index is 695. The minimum Gasteiger partial charge on any atom is -0.508 e. The van der Waals surface area contributed by atoms with Gasteiger partial charge in [-0.25, -0.2) is 5.43 Å². The summed E-state index contributed by atoms with van der Waals surface area (Å²) in [5.74, 6) is 0.322. The summed E-state index contributed by atoms with van der Waals surface area (Å²) in [6.07, 6.45) is 1.48. The lowest BCUT2D eigenvalue weighted by atomic mass is 10.1. The molecule has 0 bridgehead atoms. The fourth-order valence-electron chi connectivity index (χ4n) is 1.70. The van der Waals surface area contributed by atoms with Crippen LogP contribution in [-0.2, 0) is 4.79 Å². The van der Waals surface area contributed by atoms with Gasteiger partial charge in [-0.05, 0) is 67.9 Å². The number of nitrogens with one attached hydrogen (secondary N) is 1. The molecule has 2 N–H and O–H groups in total. The highest BCUT2D eigenvalue weighted by atomic mass is 35.5. The van der Waals surface area contributed by atoms with Gasteiger partial charge in [-0.2, -0.15) is 5.10 Å². The van der Waals surface area contributed by atoms with Crippen LogP contribution >= 0.6 is 11.6 Å². The Kier molecular flexibility index (Phi) is 5.24. The van der Waals surface area contributed by atoms with Gasteiger partial charge < -0.3 is 9.84 Å². The molecule has 0 fully saturated rings. The Labute approximate surface area is 139 Å². The highest BCUT2D eigenvalue weighted by Crippen LogP contribution is 2.21. The summed E-state index contributed by atoms with van der Waals surface area (Å²) in [5.41, 5.74) is 2.09. The largest absolute Gasteiger partial charge is 0.508 e. The zero-order valence-electron chi connectivity index (χ0n) is 12.8. The van der Waals surface area contributed by atoms with Crippen LogP contribution in [0.4, 0.5) is 0 Å². The molecule has 0 heterocycles. The number of amides is 1. The maximum absolute atomic E-state index is 12.2. The van der Waals surface area contributed by atoms with Gasteiger partial charge in [-0.1, -0.05) is 11.6 Å². The molecule has 2 aromatic carbocycles. The van der Waals surface area contributed by atoms with Gasteiger partial charge in [0.25, 0.3) is 5.91 Å². The van der Waals surface area contributed by atoms with Gasteiger partial charge in [0.1, 0.15) is 11.5 Å². The summed E-state index contributed by atoms with van der Waals surface area (Å²) >= 11 is 5.81. The summed E-state index contributed by atoms with van der Waals surface area (Å²) in [6.45, 7) is 3.29. The number of aromatic hydroxyl groups is 1. The van der Waals surface area contributed by atoms with Gasteiger partial charge in [0.2, 0.25) is 0 Å². The van der Waals surface area contributed by atoms with Crippen molar-refractivity contribution in [2.24, 2.45) is 5.10 Å². The van der Waals surface area contributed by atoms with E-state index in [1.54, 1.807) is 50.2 Å². The number of rotatable bonds is 5. The molecule has 0 atom stereocenters. The topological polar surface area (TPSA) is 70.9 Å². The monoisotopic (exact) mass is 332 g/mol. The van der Waals surface area contributed by atoms with Gasteiger partial charge in [0, 0.05) is 5.02 Å². The van der Waals surface area contributed by atoms with Crippen LogP contribution in [0.25, 0.3) is 0 Å². The van der Waals surface area contributed by atoms with E-state index < -0.39 is 5.60 Å². The van der Waals surface area contributed by atoms with Crippen molar-refractivity contribution >= 4 is 23.7 Å². The van der Waals surface area contributed by atoms with Gasteiger partial charge in [0.05, 0.1) is 6.21 Å². The lowest BCUT2D eigenvalue weighted by molar-refractivity contribution is -0.134. The van der Waals surface area contributed by atoms with Crippen LogP contribution in [0.1, 0.15) is 19.4 Å². The molecule has 0 spiro atoms. The van der Waals surface area contributed by atoms with Crippen molar-refractivity contribution in [3.05, 3.63) is 59.1 Å². The summed E-state index contributed by atoms with van der Waals surface area (Å²) < 4.78 is 5.66. The molecule has 0 aliphatic carbocycles. The Morgan fingerprint density at radius 2 is 1.78 bits per heavy atom. The first kappa shape index (κ1) is 16.8. The minimum absolute atomic E-state index is 0.170. The number of halogens is 1. The smallest absolute Gasteiger partial charge is 0.283 e. The number of nitrogens with zero attached hydrogens (tertiary/aromatic N) is 1. The number of carbonyl (C=O) groups excluding carboxylic acids is 1. The second-order valence-electron chi connectivity index (χ2n) is 5.36. The summed E-state index contributed by atoms with van der Waals surface area (Å²) in [4.78, 5) is 12.2. The number of hydrazone groups is 1. The molecule has 0 aromatic heterocycles. The van der Waals surface area contributed by atoms with E-state index in [1.807, 2.05) is 0 Å². The third-order valence-corrected chi connectivity index (χ3v) is 3.26. The number of benzene rings is 2. The van der Waals surface area contributed by atoms with Crippen LogP contribution in [0.2, 0.25) is 5.02 Å². The molecule has 1 amide bonds. The van der Waals surface area contributed by atoms with E-state index in [0.29, 0.717) is 10.8 Å². The summed E-state index contributed by atoms with van der Waals surface area (Å²) in [5, 5.41) is 13.7. The maximum Gasteiger partial charge on any atom is 0.283 e. The molecule has 0 aliphatic heterocycles. The third-order valence-electron chi connectivity index (χ3n) is 3.01. The van der Waals surface area contributed by atoms with Gasteiger partial charge >= 0.3 is 0 Å². The first-order valence-corrected chi connectivity index (χ1v) is 7.32. The number of hydrogen-bond acceptors (Lipinski definition) is 4. The van der Waals surface area contributed by atoms with Crippen molar-refractivity contribution in [1.29, 1.82) is 0 Å². The zero-order valence-corrected chi connectivity index (χ0v) is 13.5. The van der Waals surface area contributed by atoms with Crippen molar-refractivity contribution in [1.82, 2.24) is 5.43 Å². The molecule has 0 saturated carbocycles. The SMILES string of the molecule is CC(C)(Oc1ccc(Cl)cc1)C(=O)N/N=C/c1ccc(O)cc1. The molecular formula is C17H17ClN2O3. The first-order valence-electron chi connectivity index (χ1n) is 6.94. The number of carbonyl (C=O) groups is 1. The van der Waals surface area contributed by atoms with Gasteiger partial charge in [0.15, 0.2) is 5.60 Å². The van der Waals surface area contributed by atoms with E-state index in [-0.39, 0.29) is 11.7 Å². The fraction of sp³-hybridized carbons (Fsp3) is 0.176. The Morgan fingerprint density at radius 1 is 1.17 bits per heavy atom. The van der Waals surface area contributed by atoms with Crippen molar-refractivity contribution in [3.63, 3.8) is 0 Å². The Hall–Kier alpha value is -2.53. The number of phenolic OH excluding ortho intramolecular Hbond substituents is 1. The molecule has 0 radical (unpaired) electrons. The third kappa shape index (κ3) is 5.00. The van der Waals surface area contributed by atoms with Crippen LogP contribution < -0.4 is 10.2 Å². The van der Waals surface area contributed by atoms with E-state index in [0.717, 1.165) is 5.56 Å². The minimum atomic E-state index is -1.10. The molecule has 5 nitrogen and oxygen atoms in total. The number of hydrogen-bond donors (Lipinski definition) is 2.